The quantitative estimate of drug-likeness (QED) is 0.658. The molecule has 0 amide bonds. The number of hydrogen-bond acceptors (Lipinski definition) is 5. The molecule has 0 aliphatic heterocycles. The fourth-order valence-corrected chi connectivity index (χ4v) is 2.88. The molecule has 6 nitrogen and oxygen atoms in total. The highest BCUT2D eigenvalue weighted by molar-refractivity contribution is 5.91. The van der Waals surface area contributed by atoms with Crippen LogP contribution >= 0.6 is 0 Å². The van der Waals surface area contributed by atoms with Crippen LogP contribution in [0.3, 0.4) is 0 Å². The minimum Gasteiger partial charge on any atom is -0.493 e. The van der Waals surface area contributed by atoms with E-state index in [-0.39, 0.29) is 0 Å². The number of hydrogen-bond donors (Lipinski definition) is 0. The van der Waals surface area contributed by atoms with Crippen molar-refractivity contribution in [2.75, 3.05) is 21.3 Å². The minimum absolute atomic E-state index is 0.443. The van der Waals surface area contributed by atoms with Crippen LogP contribution in [0.25, 0.3) is 22.7 Å². The largest absolute Gasteiger partial charge is 0.493 e. The molecule has 0 bridgehead atoms. The van der Waals surface area contributed by atoms with Crippen molar-refractivity contribution in [1.29, 1.82) is 5.26 Å². The number of para-hydroxylation sites is 2. The number of aromatic nitrogens is 2. The first kappa shape index (κ1) is 17.4. The van der Waals surface area contributed by atoms with Crippen LogP contribution in [0.15, 0.2) is 36.4 Å². The number of ether oxygens (including phenoxy) is 3. The van der Waals surface area contributed by atoms with Gasteiger partial charge in [-0.3, -0.25) is 0 Å². The summed E-state index contributed by atoms with van der Waals surface area (Å²) in [6.45, 7) is 0. The predicted octanol–water partition coefficient (Wildman–Crippen LogP) is 3.66. The lowest BCUT2D eigenvalue weighted by Gasteiger charge is -2.13. The Hall–Kier alpha value is -3.46. The van der Waals surface area contributed by atoms with Crippen molar-refractivity contribution >= 4 is 22.7 Å². The Kier molecular flexibility index (Phi) is 4.81. The summed E-state index contributed by atoms with van der Waals surface area (Å²) in [7, 11) is 6.56. The number of fused-ring (bicyclic) bond motifs is 1. The Labute approximate surface area is 151 Å². The third kappa shape index (κ3) is 2.95. The average Bonchev–Trinajstić information content (AvgIpc) is 3.02. The second-order valence-corrected chi connectivity index (χ2v) is 5.61. The van der Waals surface area contributed by atoms with Gasteiger partial charge in [-0.1, -0.05) is 12.1 Å². The third-order valence-electron chi connectivity index (χ3n) is 4.15. The Morgan fingerprint density at radius 3 is 2.27 bits per heavy atom. The number of rotatable bonds is 5. The van der Waals surface area contributed by atoms with E-state index in [0.717, 1.165) is 16.6 Å². The average molecular weight is 349 g/mol. The van der Waals surface area contributed by atoms with Gasteiger partial charge in [0.1, 0.15) is 6.07 Å². The van der Waals surface area contributed by atoms with Gasteiger partial charge < -0.3 is 18.8 Å². The standard InChI is InChI=1S/C20H19N3O3/c1-23-16-8-6-5-7-15(16)22-20(23)14(12-21)9-13-10-17(24-2)19(26-4)18(11-13)25-3/h5-11H,1-4H3/b14-9+. The zero-order valence-corrected chi connectivity index (χ0v) is 15.1. The first-order valence-electron chi connectivity index (χ1n) is 7.96. The Bertz CT molecular complexity index is 1000. The summed E-state index contributed by atoms with van der Waals surface area (Å²) in [4.78, 5) is 4.58. The van der Waals surface area contributed by atoms with Crippen molar-refractivity contribution in [3.63, 3.8) is 0 Å². The molecule has 0 N–H and O–H groups in total. The molecule has 3 rings (SSSR count). The Morgan fingerprint density at radius 2 is 1.73 bits per heavy atom. The molecule has 1 heterocycles. The van der Waals surface area contributed by atoms with E-state index < -0.39 is 0 Å². The lowest BCUT2D eigenvalue weighted by Crippen LogP contribution is -1.97. The van der Waals surface area contributed by atoms with Crippen LogP contribution in [0, 0.1) is 11.3 Å². The zero-order valence-electron chi connectivity index (χ0n) is 15.1. The van der Waals surface area contributed by atoms with Gasteiger partial charge in [-0.05, 0) is 35.9 Å². The van der Waals surface area contributed by atoms with E-state index in [1.54, 1.807) is 39.5 Å². The van der Waals surface area contributed by atoms with Gasteiger partial charge in [-0.15, -0.1) is 0 Å². The molecule has 2 aromatic carbocycles. The van der Waals surface area contributed by atoms with Gasteiger partial charge in [0.2, 0.25) is 5.75 Å². The smallest absolute Gasteiger partial charge is 0.203 e. The van der Waals surface area contributed by atoms with E-state index in [1.807, 2.05) is 35.9 Å². The zero-order chi connectivity index (χ0) is 18.7. The molecule has 3 aromatic rings. The van der Waals surface area contributed by atoms with E-state index >= 15 is 0 Å². The van der Waals surface area contributed by atoms with Gasteiger partial charge in [0.25, 0.3) is 0 Å². The molecule has 0 aliphatic carbocycles. The number of nitrogens with zero attached hydrogens (tertiary/aromatic N) is 3. The van der Waals surface area contributed by atoms with E-state index in [9.17, 15) is 5.26 Å². The SMILES string of the molecule is COc1cc(/C=C(\C#N)c2nc3ccccc3n2C)cc(OC)c1OC. The number of benzene rings is 2. The van der Waals surface area contributed by atoms with E-state index in [4.69, 9.17) is 14.2 Å². The van der Waals surface area contributed by atoms with Crippen LogP contribution in [0.1, 0.15) is 11.4 Å². The van der Waals surface area contributed by atoms with Crippen molar-refractivity contribution in [1.82, 2.24) is 9.55 Å². The molecule has 6 heteroatoms. The topological polar surface area (TPSA) is 69.3 Å². The maximum atomic E-state index is 9.69. The third-order valence-corrected chi connectivity index (χ3v) is 4.15. The summed E-state index contributed by atoms with van der Waals surface area (Å²) in [6, 6.07) is 13.6. The van der Waals surface area contributed by atoms with E-state index in [2.05, 4.69) is 11.1 Å². The van der Waals surface area contributed by atoms with Gasteiger partial charge in [0.15, 0.2) is 17.3 Å². The van der Waals surface area contributed by atoms with Gasteiger partial charge in [-0.2, -0.15) is 5.26 Å². The molecule has 0 fully saturated rings. The number of aryl methyl sites for hydroxylation is 1. The van der Waals surface area contributed by atoms with Crippen molar-refractivity contribution < 1.29 is 14.2 Å². The molecule has 1 aromatic heterocycles. The predicted molar refractivity (Wildman–Crippen MR) is 100 cm³/mol. The first-order chi connectivity index (χ1) is 12.6. The van der Waals surface area contributed by atoms with Crippen LogP contribution in [0.5, 0.6) is 17.2 Å². The van der Waals surface area contributed by atoms with Crippen LogP contribution in [-0.2, 0) is 7.05 Å². The molecule has 0 radical (unpaired) electrons. The Balaban J connectivity index is 2.15. The maximum Gasteiger partial charge on any atom is 0.203 e. The highest BCUT2D eigenvalue weighted by atomic mass is 16.5. The molecule has 0 atom stereocenters. The molecule has 26 heavy (non-hydrogen) atoms. The number of methoxy groups -OCH3 is 3. The lowest BCUT2D eigenvalue weighted by molar-refractivity contribution is 0.324. The molecule has 0 aliphatic rings. The van der Waals surface area contributed by atoms with Gasteiger partial charge in [-0.25, -0.2) is 4.98 Å². The molecule has 0 unspecified atom stereocenters. The van der Waals surface area contributed by atoms with Gasteiger partial charge in [0, 0.05) is 7.05 Å². The van der Waals surface area contributed by atoms with Crippen LogP contribution < -0.4 is 14.2 Å². The summed E-state index contributed by atoms with van der Waals surface area (Å²) in [5.74, 6) is 2.16. The molecule has 0 saturated heterocycles. The summed E-state index contributed by atoms with van der Waals surface area (Å²) in [5.41, 5.74) is 3.01. The van der Waals surface area contributed by atoms with Crippen molar-refractivity contribution in [2.24, 2.45) is 7.05 Å². The second kappa shape index (κ2) is 7.19. The van der Waals surface area contributed by atoms with Crippen LogP contribution in [0.2, 0.25) is 0 Å². The number of imidazole rings is 1. The summed E-state index contributed by atoms with van der Waals surface area (Å²) < 4.78 is 18.0. The Morgan fingerprint density at radius 1 is 1.08 bits per heavy atom. The highest BCUT2D eigenvalue weighted by Gasteiger charge is 2.15. The summed E-state index contributed by atoms with van der Waals surface area (Å²) >= 11 is 0. The molecular weight excluding hydrogens is 330 g/mol. The minimum atomic E-state index is 0.443. The van der Waals surface area contributed by atoms with Crippen LogP contribution in [-0.4, -0.2) is 30.9 Å². The van der Waals surface area contributed by atoms with E-state index in [1.165, 1.54) is 0 Å². The lowest BCUT2D eigenvalue weighted by atomic mass is 10.1. The number of nitriles is 1. The first-order valence-corrected chi connectivity index (χ1v) is 7.96. The summed E-state index contributed by atoms with van der Waals surface area (Å²) in [5, 5.41) is 9.69. The maximum absolute atomic E-state index is 9.69. The normalized spacial score (nSPS) is 11.3. The highest BCUT2D eigenvalue weighted by Crippen LogP contribution is 2.39. The van der Waals surface area contributed by atoms with Crippen molar-refractivity contribution in [2.45, 2.75) is 0 Å². The fraction of sp³-hybridized carbons (Fsp3) is 0.200. The number of allylic oxidation sites excluding steroid dienone is 1. The second-order valence-electron chi connectivity index (χ2n) is 5.61. The monoisotopic (exact) mass is 349 g/mol. The van der Waals surface area contributed by atoms with Gasteiger partial charge >= 0.3 is 0 Å². The van der Waals surface area contributed by atoms with Crippen LogP contribution in [0.4, 0.5) is 0 Å². The van der Waals surface area contributed by atoms with Crippen molar-refractivity contribution in [3.05, 3.63) is 47.8 Å². The fourth-order valence-electron chi connectivity index (χ4n) is 2.88. The molecule has 132 valence electrons. The van der Waals surface area contributed by atoms with Crippen molar-refractivity contribution in [3.8, 4) is 23.3 Å². The summed E-state index contributed by atoms with van der Waals surface area (Å²) in [6.07, 6.45) is 1.76. The van der Waals surface area contributed by atoms with Gasteiger partial charge in [0.05, 0.1) is 37.9 Å². The van der Waals surface area contributed by atoms with E-state index in [0.29, 0.717) is 28.6 Å². The molecule has 0 spiro atoms. The molecule has 0 saturated carbocycles. The molecular formula is C20H19N3O3.